The Labute approximate surface area is 103 Å². The molecule has 0 aliphatic carbocycles. The van der Waals surface area contributed by atoms with Crippen LogP contribution >= 0.6 is 11.6 Å². The van der Waals surface area contributed by atoms with E-state index in [4.69, 9.17) is 16.0 Å². The van der Waals surface area contributed by atoms with Gasteiger partial charge in [-0.3, -0.25) is 0 Å². The zero-order valence-electron chi connectivity index (χ0n) is 10.4. The van der Waals surface area contributed by atoms with Gasteiger partial charge in [0.1, 0.15) is 5.75 Å². The molecule has 4 heteroatoms. The molecule has 0 atom stereocenters. The van der Waals surface area contributed by atoms with Crippen molar-refractivity contribution < 1.29 is 8.82 Å². The monoisotopic (exact) mass is 260 g/mol. The van der Waals surface area contributed by atoms with Crippen molar-refractivity contribution in [1.29, 1.82) is 0 Å². The standard InChI is InChI=1S/C12H18ClFOSi/c1-12(2,3)16(4,5)15-11-8-9(13)6-7-10(11)14/h6-8H,1-5H3. The van der Waals surface area contributed by atoms with Gasteiger partial charge in [-0.15, -0.1) is 0 Å². The SMILES string of the molecule is CC(C)(C)[Si](C)(C)Oc1cc(Cl)ccc1F. The largest absolute Gasteiger partial charge is 0.542 e. The predicted molar refractivity (Wildman–Crippen MR) is 69.2 cm³/mol. The number of hydrogen-bond donors (Lipinski definition) is 0. The van der Waals surface area contributed by atoms with Crippen LogP contribution in [-0.4, -0.2) is 8.32 Å². The molecule has 0 saturated carbocycles. The van der Waals surface area contributed by atoms with E-state index in [0.29, 0.717) is 5.02 Å². The summed E-state index contributed by atoms with van der Waals surface area (Å²) < 4.78 is 19.4. The Balaban J connectivity index is 3.01. The third kappa shape index (κ3) is 2.98. The summed E-state index contributed by atoms with van der Waals surface area (Å²) in [5.41, 5.74) is 0. The Morgan fingerprint density at radius 3 is 2.31 bits per heavy atom. The highest BCUT2D eigenvalue weighted by Crippen LogP contribution is 2.38. The minimum absolute atomic E-state index is 0.0434. The van der Waals surface area contributed by atoms with Gasteiger partial charge in [-0.25, -0.2) is 4.39 Å². The van der Waals surface area contributed by atoms with E-state index in [1.165, 1.54) is 18.2 Å². The molecule has 0 aliphatic rings. The molecule has 1 rings (SSSR count). The van der Waals surface area contributed by atoms with Crippen LogP contribution < -0.4 is 4.43 Å². The predicted octanol–water partition coefficient (Wildman–Crippen LogP) is 4.86. The van der Waals surface area contributed by atoms with Crippen LogP contribution in [0.15, 0.2) is 18.2 Å². The van der Waals surface area contributed by atoms with E-state index >= 15 is 0 Å². The smallest absolute Gasteiger partial charge is 0.250 e. The summed E-state index contributed by atoms with van der Waals surface area (Å²) >= 11 is 5.83. The van der Waals surface area contributed by atoms with Crippen molar-refractivity contribution in [1.82, 2.24) is 0 Å². The Hall–Kier alpha value is -0.543. The Bertz CT molecular complexity index is 385. The highest BCUT2D eigenvalue weighted by Gasteiger charge is 2.39. The van der Waals surface area contributed by atoms with Crippen molar-refractivity contribution >= 4 is 19.9 Å². The van der Waals surface area contributed by atoms with Crippen LogP contribution in [0.2, 0.25) is 23.2 Å². The zero-order valence-corrected chi connectivity index (χ0v) is 12.2. The highest BCUT2D eigenvalue weighted by atomic mass is 35.5. The second-order valence-electron chi connectivity index (χ2n) is 5.44. The lowest BCUT2D eigenvalue weighted by Crippen LogP contribution is -2.44. The van der Waals surface area contributed by atoms with Crippen LogP contribution in [0.1, 0.15) is 20.8 Å². The van der Waals surface area contributed by atoms with Crippen molar-refractivity contribution in [3.8, 4) is 5.75 Å². The van der Waals surface area contributed by atoms with Gasteiger partial charge in [-0.1, -0.05) is 32.4 Å². The fourth-order valence-corrected chi connectivity index (χ4v) is 2.16. The Morgan fingerprint density at radius 2 is 1.81 bits per heavy atom. The van der Waals surface area contributed by atoms with Gasteiger partial charge in [-0.05, 0) is 30.3 Å². The average Bonchev–Trinajstić information content (AvgIpc) is 2.09. The van der Waals surface area contributed by atoms with E-state index in [-0.39, 0.29) is 16.6 Å². The van der Waals surface area contributed by atoms with Crippen molar-refractivity contribution in [2.45, 2.75) is 38.9 Å². The van der Waals surface area contributed by atoms with Gasteiger partial charge in [0.2, 0.25) is 0 Å². The van der Waals surface area contributed by atoms with Crippen LogP contribution in [0.3, 0.4) is 0 Å². The van der Waals surface area contributed by atoms with Crippen LogP contribution in [0.4, 0.5) is 4.39 Å². The van der Waals surface area contributed by atoms with Gasteiger partial charge in [0.25, 0.3) is 8.32 Å². The van der Waals surface area contributed by atoms with Crippen molar-refractivity contribution in [3.63, 3.8) is 0 Å². The van der Waals surface area contributed by atoms with Crippen molar-refractivity contribution in [3.05, 3.63) is 29.0 Å². The lowest BCUT2D eigenvalue weighted by Gasteiger charge is -2.36. The van der Waals surface area contributed by atoms with E-state index in [1.807, 2.05) is 0 Å². The summed E-state index contributed by atoms with van der Waals surface area (Å²) in [6.07, 6.45) is 0. The summed E-state index contributed by atoms with van der Waals surface area (Å²) in [5.74, 6) is -0.0895. The lowest BCUT2D eigenvalue weighted by molar-refractivity contribution is 0.457. The molecule has 0 aliphatic heterocycles. The molecule has 0 heterocycles. The molecule has 90 valence electrons. The molecule has 0 bridgehead atoms. The zero-order chi connectivity index (χ0) is 12.6. The molecule has 0 unspecified atom stereocenters. The maximum absolute atomic E-state index is 13.5. The van der Waals surface area contributed by atoms with Crippen LogP contribution in [0, 0.1) is 5.82 Å². The van der Waals surface area contributed by atoms with E-state index < -0.39 is 8.32 Å². The number of rotatable bonds is 2. The molecule has 1 nitrogen and oxygen atoms in total. The maximum atomic E-state index is 13.5. The molecule has 0 fully saturated rings. The Kier molecular flexibility index (Phi) is 3.70. The molecular formula is C12H18ClFOSi. The number of halogens is 2. The summed E-state index contributed by atoms with van der Waals surface area (Å²) in [7, 11) is -2.00. The third-order valence-corrected chi connectivity index (χ3v) is 7.64. The number of hydrogen-bond acceptors (Lipinski definition) is 1. The molecule has 0 N–H and O–H groups in total. The van der Waals surface area contributed by atoms with Crippen molar-refractivity contribution in [2.24, 2.45) is 0 Å². The first-order chi connectivity index (χ1) is 7.13. The second-order valence-corrected chi connectivity index (χ2v) is 10.6. The first-order valence-corrected chi connectivity index (χ1v) is 8.56. The fraction of sp³-hybridized carbons (Fsp3) is 0.500. The van der Waals surface area contributed by atoms with E-state index in [9.17, 15) is 4.39 Å². The van der Waals surface area contributed by atoms with Gasteiger partial charge in [0.15, 0.2) is 5.82 Å². The second kappa shape index (κ2) is 4.38. The number of benzene rings is 1. The molecule has 0 saturated heterocycles. The average molecular weight is 261 g/mol. The fourth-order valence-electron chi connectivity index (χ4n) is 0.983. The first-order valence-electron chi connectivity index (χ1n) is 5.27. The summed E-state index contributed by atoms with van der Waals surface area (Å²) in [6, 6.07) is 4.40. The highest BCUT2D eigenvalue weighted by molar-refractivity contribution is 6.74. The van der Waals surface area contributed by atoms with E-state index in [0.717, 1.165) is 0 Å². The van der Waals surface area contributed by atoms with Gasteiger partial charge in [-0.2, -0.15) is 0 Å². The topological polar surface area (TPSA) is 9.23 Å². The molecule has 16 heavy (non-hydrogen) atoms. The molecule has 0 aromatic heterocycles. The van der Waals surface area contributed by atoms with Crippen LogP contribution in [0.5, 0.6) is 5.75 Å². The minimum Gasteiger partial charge on any atom is -0.542 e. The summed E-state index contributed by atoms with van der Waals surface area (Å²) in [4.78, 5) is 0. The van der Waals surface area contributed by atoms with Crippen LogP contribution in [0.25, 0.3) is 0 Å². The lowest BCUT2D eigenvalue weighted by atomic mass is 10.2. The Morgan fingerprint density at radius 1 is 1.25 bits per heavy atom. The normalized spacial score (nSPS) is 12.7. The molecule has 0 spiro atoms. The van der Waals surface area contributed by atoms with Gasteiger partial charge < -0.3 is 4.43 Å². The summed E-state index contributed by atoms with van der Waals surface area (Å²) in [5, 5.41) is 0.539. The van der Waals surface area contributed by atoms with E-state index in [2.05, 4.69) is 33.9 Å². The van der Waals surface area contributed by atoms with Crippen LogP contribution in [-0.2, 0) is 0 Å². The molecule has 0 radical (unpaired) electrons. The third-order valence-electron chi connectivity index (χ3n) is 3.06. The molecule has 1 aromatic carbocycles. The molecule has 1 aromatic rings. The minimum atomic E-state index is -2.00. The molecular weight excluding hydrogens is 243 g/mol. The maximum Gasteiger partial charge on any atom is 0.250 e. The first kappa shape index (κ1) is 13.5. The summed E-state index contributed by atoms with van der Waals surface area (Å²) in [6.45, 7) is 10.5. The van der Waals surface area contributed by atoms with E-state index in [1.54, 1.807) is 0 Å². The van der Waals surface area contributed by atoms with Crippen molar-refractivity contribution in [2.75, 3.05) is 0 Å². The quantitative estimate of drug-likeness (QED) is 0.690. The van der Waals surface area contributed by atoms with Gasteiger partial charge in [0.05, 0.1) is 0 Å². The molecule has 0 amide bonds. The van der Waals surface area contributed by atoms with Gasteiger partial charge >= 0.3 is 0 Å². The van der Waals surface area contributed by atoms with Gasteiger partial charge in [0, 0.05) is 11.1 Å².